The molecule has 1 aromatic carbocycles. The van der Waals surface area contributed by atoms with Crippen molar-refractivity contribution in [1.82, 2.24) is 14.8 Å². The van der Waals surface area contributed by atoms with Gasteiger partial charge >= 0.3 is 0 Å². The molecule has 1 fully saturated rings. The van der Waals surface area contributed by atoms with Crippen LogP contribution in [0.5, 0.6) is 0 Å². The monoisotopic (exact) mass is 343 g/mol. The number of benzene rings is 1. The number of hydrogen-bond donors (Lipinski definition) is 1. The predicted molar refractivity (Wildman–Crippen MR) is 101 cm³/mol. The van der Waals surface area contributed by atoms with E-state index in [1.807, 2.05) is 0 Å². The quantitative estimate of drug-likeness (QED) is 0.749. The smallest absolute Gasteiger partial charge is 0.220 e. The molecule has 0 radical (unpaired) electrons. The molecule has 3 rings (SSSR count). The van der Waals surface area contributed by atoms with Gasteiger partial charge in [-0.05, 0) is 37.4 Å². The highest BCUT2D eigenvalue weighted by atomic mass is 16.5. The van der Waals surface area contributed by atoms with Crippen LogP contribution in [0, 0.1) is 0 Å². The number of ether oxygens (including phenoxy) is 1. The number of carbonyl (C=O) groups excluding carboxylic acids is 1. The number of morpholine rings is 1. The SMILES string of the molecule is Cn1cc(CCCC(=O)NCCCN2CCOCC2)c2ccccc21. The highest BCUT2D eigenvalue weighted by Crippen LogP contribution is 2.21. The molecule has 5 nitrogen and oxygen atoms in total. The van der Waals surface area contributed by atoms with Crippen molar-refractivity contribution in [2.45, 2.75) is 25.7 Å². The summed E-state index contributed by atoms with van der Waals surface area (Å²) >= 11 is 0. The number of aromatic nitrogens is 1. The molecule has 1 aliphatic rings. The molecule has 1 amide bonds. The molecule has 1 aliphatic heterocycles. The Balaban J connectivity index is 1.33. The highest BCUT2D eigenvalue weighted by molar-refractivity contribution is 5.84. The van der Waals surface area contributed by atoms with Crippen LogP contribution in [0.3, 0.4) is 0 Å². The fraction of sp³-hybridized carbons (Fsp3) is 0.550. The molecular formula is C20H29N3O2. The molecule has 0 unspecified atom stereocenters. The van der Waals surface area contributed by atoms with Crippen molar-refractivity contribution in [3.8, 4) is 0 Å². The van der Waals surface area contributed by atoms with Gasteiger partial charge in [0.2, 0.25) is 5.91 Å². The van der Waals surface area contributed by atoms with E-state index in [-0.39, 0.29) is 5.91 Å². The Morgan fingerprint density at radius 3 is 2.84 bits per heavy atom. The molecule has 1 N–H and O–H groups in total. The van der Waals surface area contributed by atoms with Gasteiger partial charge in [-0.15, -0.1) is 0 Å². The van der Waals surface area contributed by atoms with E-state index in [0.717, 1.165) is 58.7 Å². The third-order valence-electron chi connectivity index (χ3n) is 4.91. The summed E-state index contributed by atoms with van der Waals surface area (Å²) in [6.07, 6.45) is 5.63. The van der Waals surface area contributed by atoms with Gasteiger partial charge in [0.05, 0.1) is 13.2 Å². The van der Waals surface area contributed by atoms with Crippen LogP contribution in [0.1, 0.15) is 24.8 Å². The molecule has 2 aromatic rings. The van der Waals surface area contributed by atoms with Crippen LogP contribution < -0.4 is 5.32 Å². The second kappa shape index (κ2) is 9.02. The number of amides is 1. The van der Waals surface area contributed by atoms with Crippen molar-refractivity contribution < 1.29 is 9.53 Å². The Kier molecular flexibility index (Phi) is 6.48. The maximum atomic E-state index is 12.0. The minimum atomic E-state index is 0.169. The van der Waals surface area contributed by atoms with E-state index < -0.39 is 0 Å². The lowest BCUT2D eigenvalue weighted by atomic mass is 10.1. The summed E-state index contributed by atoms with van der Waals surface area (Å²) in [4.78, 5) is 14.4. The first-order valence-corrected chi connectivity index (χ1v) is 9.34. The summed E-state index contributed by atoms with van der Waals surface area (Å²) in [7, 11) is 2.08. The number of aryl methyl sites for hydroxylation is 2. The zero-order valence-corrected chi connectivity index (χ0v) is 15.2. The van der Waals surface area contributed by atoms with E-state index in [1.165, 1.54) is 16.5 Å². The van der Waals surface area contributed by atoms with Crippen LogP contribution in [-0.2, 0) is 23.0 Å². The Labute approximate surface area is 149 Å². The number of fused-ring (bicyclic) bond motifs is 1. The lowest BCUT2D eigenvalue weighted by molar-refractivity contribution is -0.121. The number of hydrogen-bond acceptors (Lipinski definition) is 3. The number of rotatable bonds is 8. The maximum absolute atomic E-state index is 12.0. The summed E-state index contributed by atoms with van der Waals surface area (Å²) in [5, 5.41) is 4.35. The molecular weight excluding hydrogens is 314 g/mol. The fourth-order valence-electron chi connectivity index (χ4n) is 3.51. The predicted octanol–water partition coefficient (Wildman–Crippen LogP) is 2.34. The third kappa shape index (κ3) is 5.06. The van der Waals surface area contributed by atoms with Gasteiger partial charge in [0.1, 0.15) is 0 Å². The van der Waals surface area contributed by atoms with Crippen molar-refractivity contribution in [3.63, 3.8) is 0 Å². The van der Waals surface area contributed by atoms with Gasteiger partial charge in [0.25, 0.3) is 0 Å². The first-order chi connectivity index (χ1) is 12.2. The summed E-state index contributed by atoms with van der Waals surface area (Å²) in [6.45, 7) is 5.50. The molecule has 5 heteroatoms. The third-order valence-corrected chi connectivity index (χ3v) is 4.91. The van der Waals surface area contributed by atoms with Crippen molar-refractivity contribution in [2.75, 3.05) is 39.4 Å². The Hall–Kier alpha value is -1.85. The fourth-order valence-corrected chi connectivity index (χ4v) is 3.51. The van der Waals surface area contributed by atoms with Crippen LogP contribution in [0.4, 0.5) is 0 Å². The number of para-hydroxylation sites is 1. The van der Waals surface area contributed by atoms with Crippen LogP contribution in [0.2, 0.25) is 0 Å². The highest BCUT2D eigenvalue weighted by Gasteiger charge is 2.10. The minimum Gasteiger partial charge on any atom is -0.379 e. The Morgan fingerprint density at radius 1 is 1.20 bits per heavy atom. The molecule has 25 heavy (non-hydrogen) atoms. The van der Waals surface area contributed by atoms with Gasteiger partial charge < -0.3 is 14.6 Å². The summed E-state index contributed by atoms with van der Waals surface area (Å²) in [5.74, 6) is 0.169. The molecule has 2 heterocycles. The van der Waals surface area contributed by atoms with Crippen LogP contribution in [-0.4, -0.2) is 54.8 Å². The summed E-state index contributed by atoms with van der Waals surface area (Å²) < 4.78 is 7.50. The maximum Gasteiger partial charge on any atom is 0.220 e. The van der Waals surface area contributed by atoms with Gasteiger partial charge in [-0.3, -0.25) is 9.69 Å². The molecule has 136 valence electrons. The standard InChI is InChI=1S/C20H29N3O2/c1-22-16-17(18-7-2-3-8-19(18)22)6-4-9-20(24)21-10-5-11-23-12-14-25-15-13-23/h2-3,7-8,16H,4-6,9-15H2,1H3,(H,21,24). The minimum absolute atomic E-state index is 0.169. The zero-order chi connectivity index (χ0) is 17.5. The van der Waals surface area contributed by atoms with Gasteiger partial charge in [-0.1, -0.05) is 18.2 Å². The Bertz CT molecular complexity index is 689. The molecule has 0 bridgehead atoms. The van der Waals surface area contributed by atoms with Gasteiger partial charge in [0.15, 0.2) is 0 Å². The zero-order valence-electron chi connectivity index (χ0n) is 15.2. The van der Waals surface area contributed by atoms with E-state index in [4.69, 9.17) is 4.74 Å². The molecule has 0 aliphatic carbocycles. The van der Waals surface area contributed by atoms with Gasteiger partial charge in [0, 0.05) is 50.2 Å². The lowest BCUT2D eigenvalue weighted by Gasteiger charge is -2.26. The second-order valence-electron chi connectivity index (χ2n) is 6.79. The van der Waals surface area contributed by atoms with Crippen LogP contribution in [0.25, 0.3) is 10.9 Å². The first-order valence-electron chi connectivity index (χ1n) is 9.34. The van der Waals surface area contributed by atoms with Crippen LogP contribution in [0.15, 0.2) is 30.5 Å². The van der Waals surface area contributed by atoms with Crippen molar-refractivity contribution in [2.24, 2.45) is 7.05 Å². The topological polar surface area (TPSA) is 46.5 Å². The van der Waals surface area contributed by atoms with E-state index in [2.05, 4.69) is 52.3 Å². The van der Waals surface area contributed by atoms with Crippen LogP contribution >= 0.6 is 0 Å². The van der Waals surface area contributed by atoms with Gasteiger partial charge in [-0.2, -0.15) is 0 Å². The largest absolute Gasteiger partial charge is 0.379 e. The number of nitrogens with one attached hydrogen (secondary N) is 1. The second-order valence-corrected chi connectivity index (χ2v) is 6.79. The molecule has 1 aromatic heterocycles. The lowest BCUT2D eigenvalue weighted by Crippen LogP contribution is -2.38. The van der Waals surface area contributed by atoms with E-state index in [0.29, 0.717) is 6.42 Å². The average molecular weight is 343 g/mol. The normalized spacial score (nSPS) is 15.6. The van der Waals surface area contributed by atoms with Crippen molar-refractivity contribution in [3.05, 3.63) is 36.0 Å². The van der Waals surface area contributed by atoms with E-state index in [1.54, 1.807) is 0 Å². The van der Waals surface area contributed by atoms with E-state index >= 15 is 0 Å². The summed E-state index contributed by atoms with van der Waals surface area (Å²) in [5.41, 5.74) is 2.59. The molecule has 1 saturated heterocycles. The first kappa shape index (κ1) is 18.0. The molecule has 0 atom stereocenters. The molecule has 0 saturated carbocycles. The summed E-state index contributed by atoms with van der Waals surface area (Å²) in [6, 6.07) is 8.44. The number of carbonyl (C=O) groups is 1. The number of nitrogens with zero attached hydrogens (tertiary/aromatic N) is 2. The molecule has 0 spiro atoms. The van der Waals surface area contributed by atoms with Crippen molar-refractivity contribution >= 4 is 16.8 Å². The van der Waals surface area contributed by atoms with E-state index in [9.17, 15) is 4.79 Å². The van der Waals surface area contributed by atoms with Gasteiger partial charge in [-0.25, -0.2) is 0 Å². The van der Waals surface area contributed by atoms with Crippen molar-refractivity contribution in [1.29, 1.82) is 0 Å². The Morgan fingerprint density at radius 2 is 2.00 bits per heavy atom. The average Bonchev–Trinajstić information content (AvgIpc) is 2.96.